The van der Waals surface area contributed by atoms with E-state index in [1.807, 2.05) is 36.1 Å². The lowest BCUT2D eigenvalue weighted by Crippen LogP contribution is -2.38. The smallest absolute Gasteiger partial charge is 0.227 e. The van der Waals surface area contributed by atoms with Gasteiger partial charge in [0.05, 0.1) is 13.2 Å². The Bertz CT molecular complexity index is 984. The third-order valence-electron chi connectivity index (χ3n) is 5.52. The highest BCUT2D eigenvalue weighted by Gasteiger charge is 2.21. The summed E-state index contributed by atoms with van der Waals surface area (Å²) in [6.07, 6.45) is 2.14. The van der Waals surface area contributed by atoms with E-state index in [1.54, 1.807) is 0 Å². The van der Waals surface area contributed by atoms with Crippen LogP contribution in [0.25, 0.3) is 0 Å². The second kappa shape index (κ2) is 12.2. The molecule has 0 spiro atoms. The van der Waals surface area contributed by atoms with E-state index in [1.165, 1.54) is 12.1 Å². The van der Waals surface area contributed by atoms with Crippen molar-refractivity contribution in [1.82, 2.24) is 10.6 Å². The summed E-state index contributed by atoms with van der Waals surface area (Å²) in [6.45, 7) is 5.18. The van der Waals surface area contributed by atoms with Gasteiger partial charge >= 0.3 is 0 Å². The molecule has 2 aromatic carbocycles. The van der Waals surface area contributed by atoms with Gasteiger partial charge in [-0.3, -0.25) is 4.79 Å². The zero-order valence-corrected chi connectivity index (χ0v) is 21.1. The molecular weight excluding hydrogens is 538 g/mol. The highest BCUT2D eigenvalue weighted by molar-refractivity contribution is 14.0. The molecule has 0 aliphatic carbocycles. The van der Waals surface area contributed by atoms with E-state index < -0.39 is 0 Å². The molecule has 0 atom stereocenters. The number of nitrogens with one attached hydrogen (secondary N) is 2. The number of halogens is 2. The molecule has 1 amide bonds. The lowest BCUT2D eigenvalue weighted by molar-refractivity contribution is -0.117. The quantitative estimate of drug-likeness (QED) is 0.303. The van der Waals surface area contributed by atoms with Crippen molar-refractivity contribution < 1.29 is 18.7 Å². The zero-order valence-electron chi connectivity index (χ0n) is 18.7. The van der Waals surface area contributed by atoms with Gasteiger partial charge in [0.1, 0.15) is 11.6 Å². The molecule has 2 aromatic rings. The molecule has 2 aliphatic heterocycles. The first-order valence-electron chi connectivity index (χ1n) is 11.1. The Balaban J connectivity index is 0.00000306. The first-order chi connectivity index (χ1) is 15.6. The first-order valence-corrected chi connectivity index (χ1v) is 11.1. The van der Waals surface area contributed by atoms with Crippen LogP contribution in [0.1, 0.15) is 36.5 Å². The Kier molecular flexibility index (Phi) is 9.30. The van der Waals surface area contributed by atoms with Crippen LogP contribution in [0.3, 0.4) is 0 Å². The minimum Gasteiger partial charge on any atom is -0.467 e. The minimum atomic E-state index is -0.285. The van der Waals surface area contributed by atoms with E-state index >= 15 is 0 Å². The molecule has 7 nitrogen and oxygen atoms in total. The SMILES string of the molecule is CCNC(=NCc1ccc(N2CCCC2=O)cc1)NCCc1cc(F)cc2c1OCOC2.I. The number of ether oxygens (including phenoxy) is 2. The molecule has 2 N–H and O–H groups in total. The highest BCUT2D eigenvalue weighted by atomic mass is 127. The van der Waals surface area contributed by atoms with Gasteiger partial charge < -0.3 is 25.0 Å². The number of rotatable bonds is 7. The molecule has 1 fully saturated rings. The number of guanidine groups is 1. The van der Waals surface area contributed by atoms with E-state index in [9.17, 15) is 9.18 Å². The predicted octanol–water partition coefficient (Wildman–Crippen LogP) is 3.73. The summed E-state index contributed by atoms with van der Waals surface area (Å²) in [7, 11) is 0. The van der Waals surface area contributed by atoms with Crippen LogP contribution in [0.4, 0.5) is 10.1 Å². The normalized spacial score (nSPS) is 15.5. The third-order valence-corrected chi connectivity index (χ3v) is 5.52. The topological polar surface area (TPSA) is 75.2 Å². The molecule has 1 saturated heterocycles. The van der Waals surface area contributed by atoms with Gasteiger partial charge in [0.2, 0.25) is 5.91 Å². The van der Waals surface area contributed by atoms with Crippen molar-refractivity contribution in [1.29, 1.82) is 0 Å². The van der Waals surface area contributed by atoms with Gasteiger partial charge in [-0.15, -0.1) is 24.0 Å². The van der Waals surface area contributed by atoms with E-state index in [0.717, 1.165) is 47.6 Å². The van der Waals surface area contributed by atoms with Crippen molar-refractivity contribution in [3.05, 3.63) is 58.9 Å². The molecule has 0 aromatic heterocycles. The van der Waals surface area contributed by atoms with E-state index in [4.69, 9.17) is 9.47 Å². The van der Waals surface area contributed by atoms with E-state index in [2.05, 4.69) is 15.6 Å². The Hall–Kier alpha value is -2.40. The van der Waals surface area contributed by atoms with Crippen LogP contribution in [0.15, 0.2) is 41.4 Å². The number of anilines is 1. The molecule has 4 rings (SSSR count). The van der Waals surface area contributed by atoms with Gasteiger partial charge in [0.25, 0.3) is 0 Å². The maximum Gasteiger partial charge on any atom is 0.227 e. The zero-order chi connectivity index (χ0) is 22.3. The molecule has 33 heavy (non-hydrogen) atoms. The summed E-state index contributed by atoms with van der Waals surface area (Å²) >= 11 is 0. The number of hydrogen-bond donors (Lipinski definition) is 2. The predicted molar refractivity (Wildman–Crippen MR) is 137 cm³/mol. The maximum absolute atomic E-state index is 13.9. The lowest BCUT2D eigenvalue weighted by Gasteiger charge is -2.21. The average molecular weight is 568 g/mol. The van der Waals surface area contributed by atoms with Crippen LogP contribution < -0.4 is 20.3 Å². The van der Waals surface area contributed by atoms with Gasteiger partial charge in [0.15, 0.2) is 12.8 Å². The fourth-order valence-electron chi connectivity index (χ4n) is 3.97. The maximum atomic E-state index is 13.9. The number of hydrogen-bond acceptors (Lipinski definition) is 4. The van der Waals surface area contributed by atoms with Crippen LogP contribution in [0.2, 0.25) is 0 Å². The average Bonchev–Trinajstić information content (AvgIpc) is 3.23. The van der Waals surface area contributed by atoms with Gasteiger partial charge in [-0.25, -0.2) is 9.38 Å². The van der Waals surface area contributed by atoms with Crippen LogP contribution in [0, 0.1) is 5.82 Å². The Morgan fingerprint density at radius 3 is 2.76 bits per heavy atom. The van der Waals surface area contributed by atoms with Crippen molar-refractivity contribution >= 4 is 41.5 Å². The molecule has 178 valence electrons. The summed E-state index contributed by atoms with van der Waals surface area (Å²) in [4.78, 5) is 18.4. The number of amides is 1. The van der Waals surface area contributed by atoms with E-state index in [-0.39, 0.29) is 42.5 Å². The highest BCUT2D eigenvalue weighted by Crippen LogP contribution is 2.29. The summed E-state index contributed by atoms with van der Waals surface area (Å²) in [5, 5.41) is 6.54. The number of benzene rings is 2. The second-order valence-electron chi connectivity index (χ2n) is 7.85. The van der Waals surface area contributed by atoms with Crippen LogP contribution in [0.5, 0.6) is 5.75 Å². The lowest BCUT2D eigenvalue weighted by atomic mass is 10.1. The molecule has 9 heteroatoms. The monoisotopic (exact) mass is 568 g/mol. The molecule has 0 bridgehead atoms. The van der Waals surface area contributed by atoms with Gasteiger partial charge in [-0.2, -0.15) is 0 Å². The molecular formula is C24H30FIN4O3. The largest absolute Gasteiger partial charge is 0.467 e. The van der Waals surface area contributed by atoms with Crippen LogP contribution in [-0.4, -0.2) is 38.3 Å². The summed E-state index contributed by atoms with van der Waals surface area (Å²) in [5.74, 6) is 1.32. The number of fused-ring (bicyclic) bond motifs is 1. The molecule has 0 radical (unpaired) electrons. The van der Waals surface area contributed by atoms with Crippen molar-refractivity contribution in [3.8, 4) is 5.75 Å². The van der Waals surface area contributed by atoms with Gasteiger partial charge in [-0.05, 0) is 55.2 Å². The van der Waals surface area contributed by atoms with E-state index in [0.29, 0.717) is 38.5 Å². The molecule has 2 aliphatic rings. The molecule has 0 saturated carbocycles. The Labute approximate surface area is 210 Å². The van der Waals surface area contributed by atoms with Crippen molar-refractivity contribution in [3.63, 3.8) is 0 Å². The Morgan fingerprint density at radius 2 is 2.03 bits per heavy atom. The fraction of sp³-hybridized carbons (Fsp3) is 0.417. The number of carbonyl (C=O) groups excluding carboxylic acids is 1. The van der Waals surface area contributed by atoms with Gasteiger partial charge in [-0.1, -0.05) is 12.1 Å². The van der Waals surface area contributed by atoms with Crippen LogP contribution >= 0.6 is 24.0 Å². The Morgan fingerprint density at radius 1 is 1.21 bits per heavy atom. The summed E-state index contributed by atoms with van der Waals surface area (Å²) in [5.41, 5.74) is 3.56. The molecule has 0 unspecified atom stereocenters. The number of carbonyl (C=O) groups is 1. The van der Waals surface area contributed by atoms with Gasteiger partial charge in [0, 0.05) is 37.3 Å². The third kappa shape index (κ3) is 6.57. The second-order valence-corrected chi connectivity index (χ2v) is 7.85. The summed E-state index contributed by atoms with van der Waals surface area (Å²) < 4.78 is 24.8. The number of aliphatic imine (C=N–C) groups is 1. The summed E-state index contributed by atoms with van der Waals surface area (Å²) in [6, 6.07) is 10.9. The number of nitrogens with zero attached hydrogens (tertiary/aromatic N) is 2. The van der Waals surface area contributed by atoms with Crippen molar-refractivity contribution in [2.24, 2.45) is 4.99 Å². The molecule has 2 heterocycles. The van der Waals surface area contributed by atoms with Crippen molar-refractivity contribution in [2.75, 3.05) is 31.3 Å². The fourth-order valence-corrected chi connectivity index (χ4v) is 3.97. The van der Waals surface area contributed by atoms with Crippen LogP contribution in [-0.2, 0) is 29.1 Å². The standard InChI is InChI=1S/C24H29FN4O3.HI/c1-2-26-24(27-10-9-18-12-20(25)13-19-15-31-16-32-23(18)19)28-14-17-5-7-21(8-6-17)29-11-3-4-22(29)30;/h5-8,12-13H,2-4,9-11,14-16H2,1H3,(H2,26,27,28);1H. The van der Waals surface area contributed by atoms with Crippen molar-refractivity contribution in [2.45, 2.75) is 39.3 Å². The first kappa shape index (κ1) is 25.2. The minimum absolute atomic E-state index is 0.